The second kappa shape index (κ2) is 9.96. The zero-order valence-corrected chi connectivity index (χ0v) is 12.9. The summed E-state index contributed by atoms with van der Waals surface area (Å²) in [6.45, 7) is 7.79. The topological polar surface area (TPSA) is 24.9 Å². The maximum absolute atomic E-state index is 4.64. The van der Waals surface area contributed by atoms with Crippen LogP contribution < -0.4 is 5.32 Å². The van der Waals surface area contributed by atoms with Crippen molar-refractivity contribution in [3.05, 3.63) is 29.6 Å². The number of nitrogens with one attached hydrogen (secondary N) is 1. The molecule has 0 amide bonds. The smallest absolute Gasteiger partial charge is 0.0604 e. The maximum Gasteiger partial charge on any atom is 0.0604 e. The second-order valence-corrected chi connectivity index (χ2v) is 5.26. The Kier molecular flexibility index (Phi) is 8.48. The Labute approximate surface area is 119 Å². The van der Waals surface area contributed by atoms with Crippen molar-refractivity contribution in [3.63, 3.8) is 0 Å². The summed E-state index contributed by atoms with van der Waals surface area (Å²) in [4.78, 5) is 4.64. The molecule has 0 spiro atoms. The summed E-state index contributed by atoms with van der Waals surface area (Å²) in [7, 11) is 0. The van der Waals surface area contributed by atoms with Gasteiger partial charge < -0.3 is 5.32 Å². The summed E-state index contributed by atoms with van der Waals surface area (Å²) in [6, 6.07) is 4.71. The SMILES string of the molecule is CCCCCCC(NCCC)c1ncccc1CC. The molecule has 0 saturated heterocycles. The fraction of sp³-hybridized carbons (Fsp3) is 0.706. The molecule has 108 valence electrons. The van der Waals surface area contributed by atoms with Crippen LogP contribution in [0.2, 0.25) is 0 Å². The normalized spacial score (nSPS) is 12.6. The van der Waals surface area contributed by atoms with E-state index in [-0.39, 0.29) is 0 Å². The number of aromatic nitrogens is 1. The first-order valence-corrected chi connectivity index (χ1v) is 8.00. The summed E-state index contributed by atoms with van der Waals surface area (Å²) in [5, 5.41) is 3.67. The molecule has 2 nitrogen and oxygen atoms in total. The lowest BCUT2D eigenvalue weighted by atomic mass is 9.99. The van der Waals surface area contributed by atoms with Crippen LogP contribution in [0, 0.1) is 0 Å². The van der Waals surface area contributed by atoms with Gasteiger partial charge in [-0.2, -0.15) is 0 Å². The van der Waals surface area contributed by atoms with Gasteiger partial charge >= 0.3 is 0 Å². The summed E-state index contributed by atoms with van der Waals surface area (Å²) >= 11 is 0. The van der Waals surface area contributed by atoms with Crippen LogP contribution in [-0.4, -0.2) is 11.5 Å². The van der Waals surface area contributed by atoms with Gasteiger partial charge in [-0.25, -0.2) is 0 Å². The molecule has 1 rings (SSSR count). The van der Waals surface area contributed by atoms with Gasteiger partial charge in [0.2, 0.25) is 0 Å². The molecule has 1 aromatic rings. The third-order valence-corrected chi connectivity index (χ3v) is 3.62. The predicted octanol–water partition coefficient (Wildman–Crippen LogP) is 4.66. The monoisotopic (exact) mass is 262 g/mol. The highest BCUT2D eigenvalue weighted by Crippen LogP contribution is 2.22. The van der Waals surface area contributed by atoms with Gasteiger partial charge in [0, 0.05) is 12.2 Å². The molecule has 0 aliphatic rings. The lowest BCUT2D eigenvalue weighted by molar-refractivity contribution is 0.459. The van der Waals surface area contributed by atoms with Crippen LogP contribution in [-0.2, 0) is 6.42 Å². The van der Waals surface area contributed by atoms with E-state index in [1.165, 1.54) is 49.8 Å². The van der Waals surface area contributed by atoms with E-state index in [9.17, 15) is 0 Å². The van der Waals surface area contributed by atoms with Crippen molar-refractivity contribution < 1.29 is 0 Å². The molecular weight excluding hydrogens is 232 g/mol. The van der Waals surface area contributed by atoms with E-state index in [4.69, 9.17) is 0 Å². The molecule has 0 radical (unpaired) electrons. The number of hydrogen-bond donors (Lipinski definition) is 1. The highest BCUT2D eigenvalue weighted by molar-refractivity contribution is 5.22. The maximum atomic E-state index is 4.64. The lowest BCUT2D eigenvalue weighted by Crippen LogP contribution is -2.24. The average molecular weight is 262 g/mol. The number of nitrogens with zero attached hydrogens (tertiary/aromatic N) is 1. The summed E-state index contributed by atoms with van der Waals surface area (Å²) < 4.78 is 0. The molecule has 1 N–H and O–H groups in total. The van der Waals surface area contributed by atoms with E-state index in [0.717, 1.165) is 13.0 Å². The van der Waals surface area contributed by atoms with Gasteiger partial charge in [-0.1, -0.05) is 52.5 Å². The van der Waals surface area contributed by atoms with E-state index in [1.54, 1.807) is 0 Å². The molecule has 2 heteroatoms. The fourth-order valence-electron chi connectivity index (χ4n) is 2.49. The molecule has 1 aromatic heterocycles. The van der Waals surface area contributed by atoms with Crippen molar-refractivity contribution in [3.8, 4) is 0 Å². The van der Waals surface area contributed by atoms with Gasteiger partial charge in [-0.05, 0) is 37.4 Å². The summed E-state index contributed by atoms with van der Waals surface area (Å²) in [5.41, 5.74) is 2.67. The highest BCUT2D eigenvalue weighted by Gasteiger charge is 2.14. The standard InChI is InChI=1S/C17H30N2/c1-4-7-8-9-12-16(18-13-5-2)17-15(6-3)11-10-14-19-17/h10-11,14,16,18H,4-9,12-13H2,1-3H3. The largest absolute Gasteiger partial charge is 0.309 e. The van der Waals surface area contributed by atoms with E-state index in [0.29, 0.717) is 6.04 Å². The lowest BCUT2D eigenvalue weighted by Gasteiger charge is -2.20. The Bertz CT molecular complexity index is 336. The number of hydrogen-bond acceptors (Lipinski definition) is 2. The molecule has 0 aliphatic heterocycles. The zero-order chi connectivity index (χ0) is 13.9. The minimum atomic E-state index is 0.438. The van der Waals surface area contributed by atoms with Gasteiger partial charge in [0.05, 0.1) is 5.69 Å². The second-order valence-electron chi connectivity index (χ2n) is 5.26. The minimum absolute atomic E-state index is 0.438. The van der Waals surface area contributed by atoms with Gasteiger partial charge in [-0.3, -0.25) is 4.98 Å². The van der Waals surface area contributed by atoms with E-state index in [2.05, 4.69) is 43.2 Å². The molecule has 0 aliphatic carbocycles. The number of rotatable bonds is 10. The van der Waals surface area contributed by atoms with Gasteiger partial charge in [-0.15, -0.1) is 0 Å². The van der Waals surface area contributed by atoms with Crippen molar-refractivity contribution in [2.75, 3.05) is 6.54 Å². The van der Waals surface area contributed by atoms with Crippen LogP contribution in [0.25, 0.3) is 0 Å². The number of pyridine rings is 1. The first-order valence-electron chi connectivity index (χ1n) is 8.00. The summed E-state index contributed by atoms with van der Waals surface area (Å²) in [6.07, 6.45) is 10.7. The first-order chi connectivity index (χ1) is 9.33. The minimum Gasteiger partial charge on any atom is -0.309 e. The van der Waals surface area contributed by atoms with Crippen molar-refractivity contribution in [2.24, 2.45) is 0 Å². The molecule has 0 bridgehead atoms. The Hall–Kier alpha value is -0.890. The number of aryl methyl sites for hydroxylation is 1. The van der Waals surface area contributed by atoms with Crippen LogP contribution >= 0.6 is 0 Å². The van der Waals surface area contributed by atoms with Crippen LogP contribution in [0.1, 0.15) is 76.6 Å². The van der Waals surface area contributed by atoms with Gasteiger partial charge in [0.1, 0.15) is 0 Å². The van der Waals surface area contributed by atoms with Gasteiger partial charge in [0.25, 0.3) is 0 Å². The van der Waals surface area contributed by atoms with Crippen LogP contribution in [0.4, 0.5) is 0 Å². The van der Waals surface area contributed by atoms with Crippen LogP contribution in [0.3, 0.4) is 0 Å². The molecule has 1 atom stereocenters. The Morgan fingerprint density at radius 2 is 1.95 bits per heavy atom. The molecule has 1 unspecified atom stereocenters. The quantitative estimate of drug-likeness (QED) is 0.621. The Morgan fingerprint density at radius 1 is 1.11 bits per heavy atom. The molecule has 0 fully saturated rings. The number of unbranched alkanes of at least 4 members (excludes halogenated alkanes) is 3. The van der Waals surface area contributed by atoms with Crippen molar-refractivity contribution in [1.29, 1.82) is 0 Å². The predicted molar refractivity (Wildman–Crippen MR) is 83.4 cm³/mol. The molecule has 0 aromatic carbocycles. The first kappa shape index (κ1) is 16.2. The molecule has 19 heavy (non-hydrogen) atoms. The van der Waals surface area contributed by atoms with Crippen LogP contribution in [0.5, 0.6) is 0 Å². The highest BCUT2D eigenvalue weighted by atomic mass is 14.9. The van der Waals surface area contributed by atoms with Crippen LogP contribution in [0.15, 0.2) is 18.3 Å². The average Bonchev–Trinajstić information content (AvgIpc) is 2.46. The zero-order valence-electron chi connectivity index (χ0n) is 12.9. The molecule has 1 heterocycles. The van der Waals surface area contributed by atoms with E-state index >= 15 is 0 Å². The van der Waals surface area contributed by atoms with E-state index in [1.807, 2.05) is 6.20 Å². The van der Waals surface area contributed by atoms with Crippen molar-refractivity contribution in [1.82, 2.24) is 10.3 Å². The Morgan fingerprint density at radius 3 is 2.63 bits per heavy atom. The third kappa shape index (κ3) is 5.73. The third-order valence-electron chi connectivity index (χ3n) is 3.62. The summed E-state index contributed by atoms with van der Waals surface area (Å²) in [5.74, 6) is 0. The molecule has 0 saturated carbocycles. The van der Waals surface area contributed by atoms with E-state index < -0.39 is 0 Å². The van der Waals surface area contributed by atoms with Gasteiger partial charge in [0.15, 0.2) is 0 Å². The molecular formula is C17H30N2. The Balaban J connectivity index is 2.65. The van der Waals surface area contributed by atoms with Crippen molar-refractivity contribution in [2.45, 2.75) is 71.8 Å². The fourth-order valence-corrected chi connectivity index (χ4v) is 2.49. The van der Waals surface area contributed by atoms with Crippen molar-refractivity contribution >= 4 is 0 Å².